The second-order valence-electron chi connectivity index (χ2n) is 6.39. The fourth-order valence-electron chi connectivity index (χ4n) is 2.12. The van der Waals surface area contributed by atoms with Gasteiger partial charge in [0.25, 0.3) is 0 Å². The largest absolute Gasteiger partial charge is 0.491 e. The third-order valence-corrected chi connectivity index (χ3v) is 4.61. The van der Waals surface area contributed by atoms with Crippen molar-refractivity contribution in [2.45, 2.75) is 38.9 Å². The molecule has 0 aromatic heterocycles. The van der Waals surface area contributed by atoms with Crippen LogP contribution < -0.4 is 0 Å². The van der Waals surface area contributed by atoms with Crippen molar-refractivity contribution in [2.75, 3.05) is 5.75 Å². The molecule has 22 heavy (non-hydrogen) atoms. The minimum absolute atomic E-state index is 0.264. The van der Waals surface area contributed by atoms with Crippen LogP contribution >= 0.6 is 12.6 Å². The average molecular weight is 320 g/mol. The lowest BCUT2D eigenvalue weighted by atomic mass is 9.78. The van der Waals surface area contributed by atoms with Crippen LogP contribution in [0.25, 0.3) is 6.08 Å². The molecule has 0 spiro atoms. The van der Waals surface area contributed by atoms with Gasteiger partial charge in [-0.25, -0.2) is 4.79 Å². The third kappa shape index (κ3) is 3.40. The topological polar surface area (TPSA) is 55.8 Å². The molecule has 1 saturated heterocycles. The summed E-state index contributed by atoms with van der Waals surface area (Å²) in [5, 5.41) is 8.92. The average Bonchev–Trinajstić information content (AvgIpc) is 2.65. The van der Waals surface area contributed by atoms with Crippen molar-refractivity contribution in [1.82, 2.24) is 0 Å². The summed E-state index contributed by atoms with van der Waals surface area (Å²) < 4.78 is 12.0. The van der Waals surface area contributed by atoms with E-state index in [4.69, 9.17) is 14.4 Å². The number of aromatic carboxylic acids is 1. The van der Waals surface area contributed by atoms with Crippen molar-refractivity contribution in [3.8, 4) is 0 Å². The van der Waals surface area contributed by atoms with Gasteiger partial charge in [-0.05, 0) is 50.9 Å². The summed E-state index contributed by atoms with van der Waals surface area (Å²) in [5.41, 5.74) is 1.27. The van der Waals surface area contributed by atoms with Crippen molar-refractivity contribution in [1.29, 1.82) is 0 Å². The molecule has 0 radical (unpaired) electrons. The number of carbonyl (C=O) groups is 1. The van der Waals surface area contributed by atoms with Crippen molar-refractivity contribution in [3.63, 3.8) is 0 Å². The van der Waals surface area contributed by atoms with Gasteiger partial charge in [0.15, 0.2) is 0 Å². The van der Waals surface area contributed by atoms with Crippen LogP contribution in [0.2, 0.25) is 0 Å². The highest BCUT2D eigenvalue weighted by Crippen LogP contribution is 2.39. The molecule has 1 fully saturated rings. The Morgan fingerprint density at radius 3 is 2.09 bits per heavy atom. The van der Waals surface area contributed by atoms with Crippen LogP contribution in [0.3, 0.4) is 0 Å². The number of benzene rings is 1. The summed E-state index contributed by atoms with van der Waals surface area (Å²) >= 11 is 4.37. The first kappa shape index (κ1) is 17.1. The van der Waals surface area contributed by atoms with Gasteiger partial charge in [0.05, 0.1) is 16.8 Å². The number of thiol groups is 1. The first-order valence-electron chi connectivity index (χ1n) is 7.16. The summed E-state index contributed by atoms with van der Waals surface area (Å²) in [6.45, 7) is 8.02. The number of carboxylic acids is 1. The van der Waals surface area contributed by atoms with Crippen LogP contribution in [0.4, 0.5) is 0 Å². The smallest absolute Gasteiger partial charge is 0.478 e. The molecule has 0 bridgehead atoms. The first-order chi connectivity index (χ1) is 10.2. The van der Waals surface area contributed by atoms with Crippen molar-refractivity contribution in [3.05, 3.63) is 40.9 Å². The Morgan fingerprint density at radius 1 is 1.18 bits per heavy atom. The highest BCUT2D eigenvalue weighted by atomic mass is 32.1. The predicted octanol–water partition coefficient (Wildman–Crippen LogP) is 3.33. The predicted molar refractivity (Wildman–Crippen MR) is 91.3 cm³/mol. The normalized spacial score (nSPS) is 20.2. The molecule has 0 saturated carbocycles. The van der Waals surface area contributed by atoms with E-state index >= 15 is 0 Å². The van der Waals surface area contributed by atoms with Gasteiger partial charge >= 0.3 is 13.1 Å². The summed E-state index contributed by atoms with van der Waals surface area (Å²) in [6.07, 6.45) is 1.93. The van der Waals surface area contributed by atoms with Crippen molar-refractivity contribution in [2.24, 2.45) is 0 Å². The number of rotatable bonds is 4. The number of hydrogen-bond acceptors (Lipinski definition) is 4. The summed E-state index contributed by atoms with van der Waals surface area (Å²) in [6, 6.07) is 6.68. The van der Waals surface area contributed by atoms with Gasteiger partial charge in [-0.2, -0.15) is 12.6 Å². The molecule has 6 heteroatoms. The van der Waals surface area contributed by atoms with Crippen LogP contribution in [0.1, 0.15) is 43.6 Å². The maximum atomic E-state index is 10.9. The number of hydrogen-bond donors (Lipinski definition) is 2. The molecule has 1 N–H and O–H groups in total. The minimum Gasteiger partial charge on any atom is -0.478 e. The molecule has 0 unspecified atom stereocenters. The van der Waals surface area contributed by atoms with Crippen molar-refractivity contribution >= 4 is 31.8 Å². The first-order valence-corrected chi connectivity index (χ1v) is 7.80. The molecular formula is C16H21BO4S. The highest BCUT2D eigenvalue weighted by molar-refractivity contribution is 7.80. The fourth-order valence-corrected chi connectivity index (χ4v) is 2.36. The quantitative estimate of drug-likeness (QED) is 0.660. The summed E-state index contributed by atoms with van der Waals surface area (Å²) in [5.74, 6) is -0.437. The van der Waals surface area contributed by atoms with Crippen LogP contribution in [0.5, 0.6) is 0 Å². The maximum Gasteiger partial charge on any atom is 0.491 e. The van der Waals surface area contributed by atoms with E-state index in [1.54, 1.807) is 24.3 Å². The molecule has 1 aromatic rings. The Balaban J connectivity index is 2.23. The van der Waals surface area contributed by atoms with E-state index in [0.29, 0.717) is 5.75 Å². The molecule has 1 aliphatic heterocycles. The fraction of sp³-hybridized carbons (Fsp3) is 0.438. The zero-order chi connectivity index (χ0) is 16.5. The van der Waals surface area contributed by atoms with Gasteiger partial charge in [-0.3, -0.25) is 0 Å². The van der Waals surface area contributed by atoms with E-state index in [2.05, 4.69) is 12.6 Å². The standard InChI is InChI=1S/C16H21BO4S/c1-15(2)16(3,4)21-17(20-15)13(10-22)9-11-5-7-12(8-6-11)14(18)19/h5-9,22H,10H2,1-4H3,(H,18,19). The molecule has 118 valence electrons. The third-order valence-electron chi connectivity index (χ3n) is 4.25. The molecule has 0 amide bonds. The van der Waals surface area contributed by atoms with E-state index in [1.807, 2.05) is 33.8 Å². The molecule has 1 aliphatic rings. The van der Waals surface area contributed by atoms with Gasteiger partial charge in [0.1, 0.15) is 0 Å². The summed E-state index contributed by atoms with van der Waals surface area (Å²) in [7, 11) is -0.443. The minimum atomic E-state index is -0.934. The Kier molecular flexibility index (Phi) is 4.75. The zero-order valence-corrected chi connectivity index (χ0v) is 14.2. The Hall–Kier alpha value is -1.24. The Morgan fingerprint density at radius 2 is 1.68 bits per heavy atom. The Labute approximate surface area is 137 Å². The Bertz CT molecular complexity index is 577. The molecule has 0 atom stereocenters. The van der Waals surface area contributed by atoms with Gasteiger partial charge in [0.2, 0.25) is 0 Å². The molecule has 1 aromatic carbocycles. The van der Waals surface area contributed by atoms with Crippen LogP contribution in [0, 0.1) is 0 Å². The van der Waals surface area contributed by atoms with E-state index in [9.17, 15) is 4.79 Å². The van der Waals surface area contributed by atoms with Crippen LogP contribution in [-0.4, -0.2) is 35.1 Å². The lowest BCUT2D eigenvalue weighted by Gasteiger charge is -2.32. The van der Waals surface area contributed by atoms with Gasteiger partial charge in [-0.1, -0.05) is 18.2 Å². The van der Waals surface area contributed by atoms with Crippen LogP contribution in [-0.2, 0) is 9.31 Å². The van der Waals surface area contributed by atoms with Crippen LogP contribution in [0.15, 0.2) is 29.7 Å². The van der Waals surface area contributed by atoms with E-state index in [-0.39, 0.29) is 5.56 Å². The molecule has 0 aliphatic carbocycles. The monoisotopic (exact) mass is 320 g/mol. The molecule has 2 rings (SSSR count). The number of carboxylic acid groups (broad SMARTS) is 1. The maximum absolute atomic E-state index is 10.9. The lowest BCUT2D eigenvalue weighted by Crippen LogP contribution is -2.41. The second kappa shape index (κ2) is 6.10. The zero-order valence-electron chi connectivity index (χ0n) is 13.3. The summed E-state index contributed by atoms with van der Waals surface area (Å²) in [4.78, 5) is 10.9. The lowest BCUT2D eigenvalue weighted by molar-refractivity contribution is 0.00578. The molecular weight excluding hydrogens is 299 g/mol. The van der Waals surface area contributed by atoms with Gasteiger partial charge in [0, 0.05) is 5.75 Å². The van der Waals surface area contributed by atoms with E-state index < -0.39 is 24.3 Å². The van der Waals surface area contributed by atoms with E-state index in [1.165, 1.54) is 0 Å². The second-order valence-corrected chi connectivity index (χ2v) is 6.71. The van der Waals surface area contributed by atoms with E-state index in [0.717, 1.165) is 11.0 Å². The molecule has 4 nitrogen and oxygen atoms in total. The van der Waals surface area contributed by atoms with Gasteiger partial charge < -0.3 is 14.4 Å². The van der Waals surface area contributed by atoms with Crippen molar-refractivity contribution < 1.29 is 19.2 Å². The molecule has 1 heterocycles. The SMILES string of the molecule is CC1(C)OB(C(=Cc2ccc(C(=O)O)cc2)CS)OC1(C)C. The highest BCUT2D eigenvalue weighted by Gasteiger charge is 2.52. The van der Waals surface area contributed by atoms with Gasteiger partial charge in [-0.15, -0.1) is 0 Å².